The maximum absolute atomic E-state index is 5.95. The van der Waals surface area contributed by atoms with E-state index in [0.717, 1.165) is 25.3 Å². The zero-order valence-electron chi connectivity index (χ0n) is 10.5. The first kappa shape index (κ1) is 12.2. The summed E-state index contributed by atoms with van der Waals surface area (Å²) in [7, 11) is 0. The van der Waals surface area contributed by atoms with Gasteiger partial charge in [0.15, 0.2) is 5.75 Å². The number of piperidine rings is 1. The Hall–Kier alpha value is -1.29. The molecule has 2 heterocycles. The van der Waals surface area contributed by atoms with Crippen LogP contribution in [0.5, 0.6) is 11.6 Å². The van der Waals surface area contributed by atoms with E-state index in [9.17, 15) is 0 Å². The van der Waals surface area contributed by atoms with Crippen LogP contribution < -0.4 is 14.8 Å². The molecule has 4 nitrogen and oxygen atoms in total. The highest BCUT2D eigenvalue weighted by molar-refractivity contribution is 5.32. The lowest BCUT2D eigenvalue weighted by Gasteiger charge is -2.29. The van der Waals surface area contributed by atoms with Gasteiger partial charge in [0, 0.05) is 12.7 Å². The molecule has 0 saturated carbocycles. The summed E-state index contributed by atoms with van der Waals surface area (Å²) in [6, 6.07) is 3.76. The van der Waals surface area contributed by atoms with E-state index >= 15 is 0 Å². The number of rotatable bonds is 4. The van der Waals surface area contributed by atoms with E-state index in [4.69, 9.17) is 9.47 Å². The summed E-state index contributed by atoms with van der Waals surface area (Å²) in [6.07, 6.45) is 3.05. The lowest BCUT2D eigenvalue weighted by atomic mass is 9.97. The Kier molecular flexibility index (Phi) is 4.20. The van der Waals surface area contributed by atoms with E-state index in [1.807, 2.05) is 19.1 Å². The molecule has 0 bridgehead atoms. The Morgan fingerprint density at radius 1 is 1.53 bits per heavy atom. The van der Waals surface area contributed by atoms with Gasteiger partial charge < -0.3 is 14.8 Å². The number of pyridine rings is 1. The Labute approximate surface area is 102 Å². The van der Waals surface area contributed by atoms with Crippen LogP contribution in [0.15, 0.2) is 18.3 Å². The predicted molar refractivity (Wildman–Crippen MR) is 66.5 cm³/mol. The van der Waals surface area contributed by atoms with Crippen molar-refractivity contribution in [2.45, 2.75) is 26.4 Å². The van der Waals surface area contributed by atoms with Gasteiger partial charge in [-0.2, -0.15) is 0 Å². The third-order valence-electron chi connectivity index (χ3n) is 3.06. The van der Waals surface area contributed by atoms with Gasteiger partial charge in [0.2, 0.25) is 0 Å². The maximum atomic E-state index is 5.95. The van der Waals surface area contributed by atoms with Gasteiger partial charge >= 0.3 is 0 Å². The lowest BCUT2D eigenvalue weighted by molar-refractivity contribution is 0.104. The summed E-state index contributed by atoms with van der Waals surface area (Å²) >= 11 is 0. The smallest absolute Gasteiger partial charge is 0.257 e. The van der Waals surface area contributed by atoms with Gasteiger partial charge in [-0.3, -0.25) is 0 Å². The fourth-order valence-electron chi connectivity index (χ4n) is 1.99. The molecule has 2 atom stereocenters. The maximum Gasteiger partial charge on any atom is 0.257 e. The lowest BCUT2D eigenvalue weighted by Crippen LogP contribution is -2.43. The molecule has 2 unspecified atom stereocenters. The van der Waals surface area contributed by atoms with E-state index in [1.54, 1.807) is 6.20 Å². The van der Waals surface area contributed by atoms with Gasteiger partial charge in [-0.05, 0) is 37.9 Å². The quantitative estimate of drug-likeness (QED) is 0.866. The van der Waals surface area contributed by atoms with E-state index < -0.39 is 0 Å². The number of ether oxygens (including phenoxy) is 2. The van der Waals surface area contributed by atoms with Crippen molar-refractivity contribution < 1.29 is 9.47 Å². The highest BCUT2D eigenvalue weighted by Gasteiger charge is 2.24. The van der Waals surface area contributed by atoms with Gasteiger partial charge in [0.1, 0.15) is 6.10 Å². The molecule has 1 N–H and O–H groups in total. The summed E-state index contributed by atoms with van der Waals surface area (Å²) in [5.41, 5.74) is 0. The average molecular weight is 236 g/mol. The molecule has 0 spiro atoms. The largest absolute Gasteiger partial charge is 0.488 e. The molecule has 2 rings (SSSR count). The minimum absolute atomic E-state index is 0.179. The van der Waals surface area contributed by atoms with Crippen LogP contribution in [0.4, 0.5) is 0 Å². The van der Waals surface area contributed by atoms with Crippen molar-refractivity contribution in [3.63, 3.8) is 0 Å². The molecule has 1 aliphatic heterocycles. The normalized spacial score (nSPS) is 24.4. The number of nitrogens with zero attached hydrogens (tertiary/aromatic N) is 1. The predicted octanol–water partition coefficient (Wildman–Crippen LogP) is 1.86. The monoisotopic (exact) mass is 236 g/mol. The standard InChI is InChI=1S/C13H20N2O2/c1-3-16-11-5-4-7-15-13(11)17-12-9-14-8-6-10(12)2/h4-5,7,10,12,14H,3,6,8-9H2,1-2H3. The zero-order valence-corrected chi connectivity index (χ0v) is 10.5. The van der Waals surface area contributed by atoms with E-state index in [1.165, 1.54) is 0 Å². The Balaban J connectivity index is 2.06. The van der Waals surface area contributed by atoms with Crippen molar-refractivity contribution >= 4 is 0 Å². The van der Waals surface area contributed by atoms with Crippen LogP contribution >= 0.6 is 0 Å². The zero-order chi connectivity index (χ0) is 12.1. The molecular weight excluding hydrogens is 216 g/mol. The number of nitrogens with one attached hydrogen (secondary N) is 1. The van der Waals surface area contributed by atoms with E-state index in [0.29, 0.717) is 18.4 Å². The van der Waals surface area contributed by atoms with Crippen LogP contribution in [0.25, 0.3) is 0 Å². The molecule has 1 fully saturated rings. The molecule has 0 aliphatic carbocycles. The number of hydrogen-bond donors (Lipinski definition) is 1. The summed E-state index contributed by atoms with van der Waals surface area (Å²) in [6.45, 7) is 6.75. The van der Waals surface area contributed by atoms with Crippen LogP contribution in [0.1, 0.15) is 20.3 Å². The van der Waals surface area contributed by atoms with Crippen molar-refractivity contribution in [3.8, 4) is 11.6 Å². The third-order valence-corrected chi connectivity index (χ3v) is 3.06. The minimum Gasteiger partial charge on any atom is -0.488 e. The van der Waals surface area contributed by atoms with Crippen LogP contribution in [-0.2, 0) is 0 Å². The molecule has 0 radical (unpaired) electrons. The van der Waals surface area contributed by atoms with Crippen LogP contribution in [-0.4, -0.2) is 30.8 Å². The fourth-order valence-corrected chi connectivity index (χ4v) is 1.99. The third kappa shape index (κ3) is 3.09. The first-order chi connectivity index (χ1) is 8.31. The van der Waals surface area contributed by atoms with E-state index in [-0.39, 0.29) is 6.10 Å². The molecule has 1 aromatic rings. The minimum atomic E-state index is 0.179. The fraction of sp³-hybridized carbons (Fsp3) is 0.615. The molecule has 17 heavy (non-hydrogen) atoms. The van der Waals surface area contributed by atoms with Crippen molar-refractivity contribution in [3.05, 3.63) is 18.3 Å². The topological polar surface area (TPSA) is 43.4 Å². The van der Waals surface area contributed by atoms with Gasteiger partial charge in [-0.1, -0.05) is 6.92 Å². The summed E-state index contributed by atoms with van der Waals surface area (Å²) in [4.78, 5) is 4.25. The molecule has 1 saturated heterocycles. The second kappa shape index (κ2) is 5.87. The van der Waals surface area contributed by atoms with E-state index in [2.05, 4.69) is 17.2 Å². The molecule has 1 aromatic heterocycles. The van der Waals surface area contributed by atoms with Gasteiger partial charge in [0.25, 0.3) is 5.88 Å². The number of hydrogen-bond acceptors (Lipinski definition) is 4. The van der Waals surface area contributed by atoms with Crippen molar-refractivity contribution in [1.82, 2.24) is 10.3 Å². The highest BCUT2D eigenvalue weighted by atomic mass is 16.5. The molecule has 0 amide bonds. The highest BCUT2D eigenvalue weighted by Crippen LogP contribution is 2.27. The van der Waals surface area contributed by atoms with Crippen LogP contribution in [0, 0.1) is 5.92 Å². The second-order valence-corrected chi connectivity index (χ2v) is 4.37. The first-order valence-electron chi connectivity index (χ1n) is 6.26. The summed E-state index contributed by atoms with van der Waals surface area (Å²) < 4.78 is 11.5. The van der Waals surface area contributed by atoms with Crippen molar-refractivity contribution in [2.24, 2.45) is 5.92 Å². The average Bonchev–Trinajstić information content (AvgIpc) is 2.35. The van der Waals surface area contributed by atoms with Gasteiger partial charge in [-0.25, -0.2) is 4.98 Å². The van der Waals surface area contributed by atoms with Gasteiger partial charge in [-0.15, -0.1) is 0 Å². The van der Waals surface area contributed by atoms with Crippen molar-refractivity contribution in [1.29, 1.82) is 0 Å². The van der Waals surface area contributed by atoms with Crippen molar-refractivity contribution in [2.75, 3.05) is 19.7 Å². The number of aromatic nitrogens is 1. The van der Waals surface area contributed by atoms with Crippen LogP contribution in [0.2, 0.25) is 0 Å². The first-order valence-corrected chi connectivity index (χ1v) is 6.26. The molecule has 1 aliphatic rings. The molecular formula is C13H20N2O2. The van der Waals surface area contributed by atoms with Crippen LogP contribution in [0.3, 0.4) is 0 Å². The summed E-state index contributed by atoms with van der Waals surface area (Å²) in [5, 5.41) is 3.34. The Morgan fingerprint density at radius 2 is 2.41 bits per heavy atom. The Bertz CT molecular complexity index is 357. The molecule has 94 valence electrons. The Morgan fingerprint density at radius 3 is 3.18 bits per heavy atom. The second-order valence-electron chi connectivity index (χ2n) is 4.37. The van der Waals surface area contributed by atoms with Gasteiger partial charge in [0.05, 0.1) is 6.61 Å². The summed E-state index contributed by atoms with van der Waals surface area (Å²) in [5.74, 6) is 1.88. The SMILES string of the molecule is CCOc1cccnc1OC1CNCCC1C. The molecule has 4 heteroatoms. The molecule has 0 aromatic carbocycles.